The number of carbonyl (C=O) groups excluding carboxylic acids is 2. The van der Waals surface area contributed by atoms with Crippen LogP contribution in [0.5, 0.6) is 0 Å². The number of aliphatic hydroxyl groups excluding tert-OH is 1. The average Bonchev–Trinajstić information content (AvgIpc) is 2.92. The molecule has 192 valence electrons. The lowest BCUT2D eigenvalue weighted by molar-refractivity contribution is 0.0776. The standard InChI is InChI=1S/C27H25NO9/c1-14-21(30)18-12-8-11-17(24(18)35-22(14)16-9-6-5-7-10-16)20-23(36-26(31)33-3)15(2)28-19(13-29)25(20)37-27(32)34-4/h5-12,20,28-29H,13H2,1-4H3. The Labute approximate surface area is 211 Å². The number of rotatable bonds is 5. The van der Waals surface area contributed by atoms with Crippen LogP contribution < -0.4 is 10.7 Å². The number of nitrogens with one attached hydrogen (secondary N) is 1. The number of benzene rings is 2. The van der Waals surface area contributed by atoms with Gasteiger partial charge in [-0.3, -0.25) is 4.79 Å². The molecule has 3 aromatic rings. The molecule has 37 heavy (non-hydrogen) atoms. The Morgan fingerprint density at radius 3 is 2.22 bits per heavy atom. The van der Waals surface area contributed by atoms with Crippen LogP contribution in [0.25, 0.3) is 22.3 Å². The van der Waals surface area contributed by atoms with Crippen molar-refractivity contribution in [1.82, 2.24) is 5.32 Å². The van der Waals surface area contributed by atoms with Gasteiger partial charge in [0.05, 0.1) is 37.6 Å². The van der Waals surface area contributed by atoms with Crippen molar-refractivity contribution in [2.75, 3.05) is 20.8 Å². The number of hydrogen-bond donors (Lipinski definition) is 2. The van der Waals surface area contributed by atoms with Gasteiger partial charge in [-0.15, -0.1) is 0 Å². The van der Waals surface area contributed by atoms with Crippen molar-refractivity contribution in [3.8, 4) is 11.3 Å². The second-order valence-corrected chi connectivity index (χ2v) is 8.14. The van der Waals surface area contributed by atoms with Gasteiger partial charge in [-0.1, -0.05) is 42.5 Å². The minimum atomic E-state index is -1.10. The van der Waals surface area contributed by atoms with Crippen molar-refractivity contribution in [3.05, 3.63) is 92.8 Å². The van der Waals surface area contributed by atoms with Crippen molar-refractivity contribution in [1.29, 1.82) is 0 Å². The van der Waals surface area contributed by atoms with Crippen LogP contribution in [0, 0.1) is 6.92 Å². The first-order valence-electron chi connectivity index (χ1n) is 11.3. The lowest BCUT2D eigenvalue weighted by atomic mass is 9.88. The normalized spacial score (nSPS) is 15.3. The first-order valence-corrected chi connectivity index (χ1v) is 11.3. The molecule has 0 saturated heterocycles. The number of fused-ring (bicyclic) bond motifs is 1. The Balaban J connectivity index is 2.04. The summed E-state index contributed by atoms with van der Waals surface area (Å²) >= 11 is 0. The molecular formula is C27H25NO9. The Hall–Kier alpha value is -4.57. The summed E-state index contributed by atoms with van der Waals surface area (Å²) in [7, 11) is 2.28. The van der Waals surface area contributed by atoms with E-state index in [1.165, 1.54) is 0 Å². The maximum atomic E-state index is 13.4. The second-order valence-electron chi connectivity index (χ2n) is 8.14. The smallest absolute Gasteiger partial charge is 0.455 e. The summed E-state index contributed by atoms with van der Waals surface area (Å²) in [5.74, 6) is -0.826. The summed E-state index contributed by atoms with van der Waals surface area (Å²) in [5, 5.41) is 13.2. The van der Waals surface area contributed by atoms with E-state index in [4.69, 9.17) is 13.9 Å². The second kappa shape index (κ2) is 10.6. The van der Waals surface area contributed by atoms with E-state index < -0.39 is 24.8 Å². The van der Waals surface area contributed by atoms with Gasteiger partial charge in [0.25, 0.3) is 0 Å². The molecule has 0 fully saturated rings. The number of hydrogen-bond acceptors (Lipinski definition) is 10. The molecule has 10 nitrogen and oxygen atoms in total. The van der Waals surface area contributed by atoms with E-state index in [0.717, 1.165) is 14.2 Å². The summed E-state index contributed by atoms with van der Waals surface area (Å²) in [6, 6.07) is 14.0. The number of methoxy groups -OCH3 is 2. The first-order chi connectivity index (χ1) is 17.8. The van der Waals surface area contributed by atoms with E-state index in [1.807, 2.05) is 30.3 Å². The molecule has 1 aliphatic rings. The third-order valence-corrected chi connectivity index (χ3v) is 5.93. The van der Waals surface area contributed by atoms with Gasteiger partial charge < -0.3 is 33.8 Å². The Morgan fingerprint density at radius 1 is 0.946 bits per heavy atom. The highest BCUT2D eigenvalue weighted by molar-refractivity contribution is 5.84. The Bertz CT molecular complexity index is 1480. The number of dihydropyridines is 1. The number of ether oxygens (including phenoxy) is 4. The predicted octanol–water partition coefficient (Wildman–Crippen LogP) is 4.46. The van der Waals surface area contributed by atoms with Crippen molar-refractivity contribution in [2.24, 2.45) is 0 Å². The monoisotopic (exact) mass is 507 g/mol. The van der Waals surface area contributed by atoms with E-state index in [9.17, 15) is 19.5 Å². The topological polar surface area (TPSA) is 134 Å². The van der Waals surface area contributed by atoms with Crippen molar-refractivity contribution < 1.29 is 38.1 Å². The van der Waals surface area contributed by atoms with Crippen molar-refractivity contribution in [3.63, 3.8) is 0 Å². The van der Waals surface area contributed by atoms with E-state index in [1.54, 1.807) is 32.0 Å². The van der Waals surface area contributed by atoms with Gasteiger partial charge in [-0.05, 0) is 19.9 Å². The van der Waals surface area contributed by atoms with Crippen LogP contribution in [0.15, 0.2) is 80.7 Å². The molecule has 1 unspecified atom stereocenters. The largest absolute Gasteiger partial charge is 0.513 e. The van der Waals surface area contributed by atoms with Crippen LogP contribution in [0.4, 0.5) is 9.59 Å². The summed E-state index contributed by atoms with van der Waals surface area (Å²) in [5.41, 5.74) is 1.84. The van der Waals surface area contributed by atoms with Gasteiger partial charge in [-0.25, -0.2) is 9.59 Å². The summed E-state index contributed by atoms with van der Waals surface area (Å²) in [6.07, 6.45) is -2.08. The van der Waals surface area contributed by atoms with Gasteiger partial charge in [0.2, 0.25) is 0 Å². The van der Waals surface area contributed by atoms with E-state index in [2.05, 4.69) is 14.8 Å². The molecule has 2 aromatic carbocycles. The van der Waals surface area contributed by atoms with Gasteiger partial charge in [-0.2, -0.15) is 0 Å². The maximum Gasteiger partial charge on any atom is 0.513 e. The highest BCUT2D eigenvalue weighted by Gasteiger charge is 2.38. The minimum absolute atomic E-state index is 0.0138. The number of para-hydroxylation sites is 1. The van der Waals surface area contributed by atoms with E-state index in [-0.39, 0.29) is 33.6 Å². The van der Waals surface area contributed by atoms with E-state index >= 15 is 0 Å². The molecule has 1 aromatic heterocycles. The van der Waals surface area contributed by atoms with Gasteiger partial charge >= 0.3 is 12.3 Å². The van der Waals surface area contributed by atoms with Crippen LogP contribution in [-0.2, 0) is 18.9 Å². The van der Waals surface area contributed by atoms with Crippen LogP contribution >= 0.6 is 0 Å². The molecule has 0 aliphatic carbocycles. The molecule has 4 rings (SSSR count). The minimum Gasteiger partial charge on any atom is -0.455 e. The lowest BCUT2D eigenvalue weighted by Crippen LogP contribution is -2.31. The molecule has 10 heteroatoms. The number of aliphatic hydroxyl groups is 1. The van der Waals surface area contributed by atoms with Crippen LogP contribution in [0.1, 0.15) is 24.0 Å². The van der Waals surface area contributed by atoms with Gasteiger partial charge in [0.15, 0.2) is 5.43 Å². The van der Waals surface area contributed by atoms with Crippen molar-refractivity contribution >= 4 is 23.3 Å². The average molecular weight is 507 g/mol. The quantitative estimate of drug-likeness (QED) is 0.477. The summed E-state index contributed by atoms with van der Waals surface area (Å²) in [6.45, 7) is 2.74. The summed E-state index contributed by atoms with van der Waals surface area (Å²) < 4.78 is 26.6. The predicted molar refractivity (Wildman–Crippen MR) is 132 cm³/mol. The van der Waals surface area contributed by atoms with Crippen LogP contribution in [0.3, 0.4) is 0 Å². The molecule has 0 bridgehead atoms. The number of allylic oxidation sites excluding steroid dienone is 1. The first kappa shape index (κ1) is 25.5. The highest BCUT2D eigenvalue weighted by atomic mass is 16.7. The fraction of sp³-hybridized carbons (Fsp3) is 0.222. The molecule has 0 saturated carbocycles. The van der Waals surface area contributed by atoms with E-state index in [0.29, 0.717) is 28.1 Å². The fourth-order valence-electron chi connectivity index (χ4n) is 4.20. The molecule has 0 amide bonds. The molecule has 0 radical (unpaired) electrons. The van der Waals surface area contributed by atoms with Crippen molar-refractivity contribution in [2.45, 2.75) is 19.8 Å². The van der Waals surface area contributed by atoms with Gasteiger partial charge in [0.1, 0.15) is 28.8 Å². The summed E-state index contributed by atoms with van der Waals surface area (Å²) in [4.78, 5) is 37.7. The Morgan fingerprint density at radius 2 is 1.59 bits per heavy atom. The number of carbonyl (C=O) groups is 2. The maximum absolute atomic E-state index is 13.4. The molecule has 2 N–H and O–H groups in total. The molecule has 1 atom stereocenters. The molecule has 0 spiro atoms. The zero-order valence-electron chi connectivity index (χ0n) is 20.6. The molecule has 2 heterocycles. The SMILES string of the molecule is COC(=O)OC1=C(C)NC(CO)=C(OC(=O)OC)C1c1cccc2c(=O)c(C)c(-c3ccccc3)oc12. The molecular weight excluding hydrogens is 482 g/mol. The lowest BCUT2D eigenvalue weighted by Gasteiger charge is -2.30. The van der Waals surface area contributed by atoms with Crippen LogP contribution in [0.2, 0.25) is 0 Å². The zero-order chi connectivity index (χ0) is 26.7. The fourth-order valence-corrected chi connectivity index (χ4v) is 4.20. The highest BCUT2D eigenvalue weighted by Crippen LogP contribution is 2.42. The Kier molecular flexibility index (Phi) is 7.30. The van der Waals surface area contributed by atoms with Gasteiger partial charge in [0, 0.05) is 16.7 Å². The zero-order valence-corrected chi connectivity index (χ0v) is 20.6. The third-order valence-electron chi connectivity index (χ3n) is 5.93. The van der Waals surface area contributed by atoms with Crippen LogP contribution in [-0.4, -0.2) is 38.2 Å². The molecule has 1 aliphatic heterocycles. The third kappa shape index (κ3) is 4.78.